The second-order valence-corrected chi connectivity index (χ2v) is 8.76. The van der Waals surface area contributed by atoms with Crippen LogP contribution in [0.4, 0.5) is 0 Å². The Morgan fingerprint density at radius 1 is 1.10 bits per heavy atom. The number of amides is 2. The van der Waals surface area contributed by atoms with Crippen molar-refractivity contribution in [1.29, 1.82) is 0 Å². The Balaban J connectivity index is 1.62. The molecule has 1 saturated heterocycles. The lowest BCUT2D eigenvalue weighted by Gasteiger charge is -2.31. The molecule has 1 aromatic heterocycles. The van der Waals surface area contributed by atoms with Crippen LogP contribution in [0.3, 0.4) is 0 Å². The molecule has 4 N–H and O–H groups in total. The van der Waals surface area contributed by atoms with Gasteiger partial charge in [0.05, 0.1) is 6.10 Å². The van der Waals surface area contributed by atoms with E-state index in [2.05, 4.69) is 34.3 Å². The summed E-state index contributed by atoms with van der Waals surface area (Å²) in [6.45, 7) is 6.66. The van der Waals surface area contributed by atoms with Crippen molar-refractivity contribution in [2.24, 2.45) is 0 Å². The zero-order valence-corrected chi connectivity index (χ0v) is 18.0. The number of nitrogens with zero attached hydrogens (tertiary/aromatic N) is 2. The van der Waals surface area contributed by atoms with Crippen molar-refractivity contribution in [2.75, 3.05) is 33.2 Å². The lowest BCUT2D eigenvalue weighted by Crippen LogP contribution is -2.51. The first-order valence-electron chi connectivity index (χ1n) is 9.90. The van der Waals surface area contributed by atoms with Gasteiger partial charge >= 0.3 is 0 Å². The van der Waals surface area contributed by atoms with Crippen LogP contribution in [0.15, 0.2) is 36.4 Å². The normalized spacial score (nSPS) is 17.3. The molecule has 2 heterocycles. The fourth-order valence-corrected chi connectivity index (χ4v) is 4.39. The number of thiophene rings is 1. The molecule has 0 saturated carbocycles. The number of rotatable bonds is 7. The van der Waals surface area contributed by atoms with Crippen molar-refractivity contribution < 1.29 is 19.9 Å². The molecule has 2 unspecified atom stereocenters. The number of nitrogens with one attached hydrogen (secondary N) is 2. The van der Waals surface area contributed by atoms with Crippen LogP contribution < -0.4 is 10.8 Å². The van der Waals surface area contributed by atoms with E-state index in [0.717, 1.165) is 43.2 Å². The van der Waals surface area contributed by atoms with E-state index >= 15 is 0 Å². The van der Waals surface area contributed by atoms with Crippen molar-refractivity contribution >= 4 is 23.2 Å². The molecule has 30 heavy (non-hydrogen) atoms. The zero-order valence-electron chi connectivity index (χ0n) is 17.2. The van der Waals surface area contributed by atoms with Crippen molar-refractivity contribution in [2.45, 2.75) is 25.6 Å². The summed E-state index contributed by atoms with van der Waals surface area (Å²) < 4.78 is 0. The van der Waals surface area contributed by atoms with Gasteiger partial charge in [0.25, 0.3) is 11.8 Å². The van der Waals surface area contributed by atoms with E-state index in [1.807, 2.05) is 12.1 Å². The van der Waals surface area contributed by atoms with Gasteiger partial charge in [0.15, 0.2) is 0 Å². The molecule has 2 amide bonds. The molecule has 9 heteroatoms. The number of carbonyl (C=O) groups excluding carboxylic acids is 2. The van der Waals surface area contributed by atoms with Gasteiger partial charge in [-0.25, -0.2) is 5.48 Å². The van der Waals surface area contributed by atoms with Gasteiger partial charge in [-0.05, 0) is 43.8 Å². The average Bonchev–Trinajstić information content (AvgIpc) is 3.21. The van der Waals surface area contributed by atoms with Crippen LogP contribution in [0.25, 0.3) is 10.4 Å². The highest BCUT2D eigenvalue weighted by molar-refractivity contribution is 7.15. The van der Waals surface area contributed by atoms with E-state index in [0.29, 0.717) is 5.56 Å². The predicted molar refractivity (Wildman–Crippen MR) is 115 cm³/mol. The molecule has 162 valence electrons. The first-order chi connectivity index (χ1) is 14.4. The third-order valence-corrected chi connectivity index (χ3v) is 6.35. The summed E-state index contributed by atoms with van der Waals surface area (Å²) in [7, 11) is 2.15. The molecular weight excluding hydrogens is 404 g/mol. The summed E-state index contributed by atoms with van der Waals surface area (Å²) in [4.78, 5) is 31.2. The van der Waals surface area contributed by atoms with Crippen molar-refractivity contribution in [3.63, 3.8) is 0 Å². The molecule has 2 aromatic rings. The molecule has 0 spiro atoms. The highest BCUT2D eigenvalue weighted by Gasteiger charge is 2.25. The second-order valence-electron chi connectivity index (χ2n) is 7.59. The highest BCUT2D eigenvalue weighted by Crippen LogP contribution is 2.29. The topological polar surface area (TPSA) is 105 Å². The zero-order chi connectivity index (χ0) is 21.7. The standard InChI is InChI=1S/C21H28N4O4S/c1-14(26)19(21(28)23-29)22-20(27)16-5-3-15(4-6-16)18-8-7-17(30-18)13-25-11-9-24(2)10-12-25/h3-8,14,19,26,29H,9-13H2,1-2H3,(H,22,27)(H,23,28). The minimum absolute atomic E-state index is 0.365. The number of likely N-dealkylation sites (N-methyl/N-ethyl adjacent to an activating group) is 1. The van der Waals surface area contributed by atoms with Crippen molar-refractivity contribution in [3.8, 4) is 10.4 Å². The van der Waals surface area contributed by atoms with Crippen molar-refractivity contribution in [3.05, 3.63) is 46.8 Å². The summed E-state index contributed by atoms with van der Waals surface area (Å²) >= 11 is 1.75. The Hall–Kier alpha value is -2.30. The van der Waals surface area contributed by atoms with E-state index in [9.17, 15) is 14.7 Å². The molecule has 3 rings (SSSR count). The second kappa shape index (κ2) is 10.1. The van der Waals surface area contributed by atoms with Crippen LogP contribution in [0.2, 0.25) is 0 Å². The minimum Gasteiger partial charge on any atom is -0.391 e. The number of aliphatic hydroxyl groups is 1. The van der Waals surface area contributed by atoms with Gasteiger partial charge in [-0.15, -0.1) is 11.3 Å². The van der Waals surface area contributed by atoms with Gasteiger partial charge in [0, 0.05) is 48.0 Å². The minimum atomic E-state index is -1.24. The number of hydroxylamine groups is 1. The fourth-order valence-electron chi connectivity index (χ4n) is 3.33. The Morgan fingerprint density at radius 2 is 1.77 bits per heavy atom. The van der Waals surface area contributed by atoms with Gasteiger partial charge < -0.3 is 15.3 Å². The number of piperazine rings is 1. The quantitative estimate of drug-likeness (QED) is 0.386. The summed E-state index contributed by atoms with van der Waals surface area (Å²) in [6, 6.07) is 10.1. The van der Waals surface area contributed by atoms with E-state index in [1.165, 1.54) is 17.3 Å². The van der Waals surface area contributed by atoms with Crippen molar-refractivity contribution in [1.82, 2.24) is 20.6 Å². The van der Waals surface area contributed by atoms with Crippen LogP contribution in [-0.4, -0.2) is 77.3 Å². The molecule has 1 aliphatic rings. The Bertz CT molecular complexity index is 860. The number of carbonyl (C=O) groups is 2. The molecule has 2 atom stereocenters. The van der Waals surface area contributed by atoms with E-state index in [-0.39, 0.29) is 0 Å². The third kappa shape index (κ3) is 5.65. The lowest BCUT2D eigenvalue weighted by molar-refractivity contribution is -0.133. The number of aliphatic hydroxyl groups excluding tert-OH is 1. The maximum Gasteiger partial charge on any atom is 0.268 e. The fraction of sp³-hybridized carbons (Fsp3) is 0.429. The Kier molecular flexibility index (Phi) is 7.57. The first kappa shape index (κ1) is 22.4. The van der Waals surface area contributed by atoms with Gasteiger partial charge in [-0.2, -0.15) is 0 Å². The van der Waals surface area contributed by atoms with E-state index < -0.39 is 24.0 Å². The van der Waals surface area contributed by atoms with Crippen LogP contribution in [-0.2, 0) is 11.3 Å². The number of hydrogen-bond donors (Lipinski definition) is 4. The van der Waals surface area contributed by atoms with Gasteiger partial charge in [-0.1, -0.05) is 12.1 Å². The summed E-state index contributed by atoms with van der Waals surface area (Å²) in [5.41, 5.74) is 2.83. The van der Waals surface area contributed by atoms with Crippen LogP contribution in [0, 0.1) is 0 Å². The SMILES string of the molecule is CC(O)C(NC(=O)c1ccc(-c2ccc(CN3CCN(C)CC3)s2)cc1)C(=O)NO. The number of hydrogen-bond acceptors (Lipinski definition) is 7. The monoisotopic (exact) mass is 432 g/mol. The highest BCUT2D eigenvalue weighted by atomic mass is 32.1. The number of benzene rings is 1. The molecule has 8 nitrogen and oxygen atoms in total. The van der Waals surface area contributed by atoms with Gasteiger partial charge in [0.1, 0.15) is 6.04 Å². The van der Waals surface area contributed by atoms with Crippen LogP contribution in [0.5, 0.6) is 0 Å². The largest absolute Gasteiger partial charge is 0.391 e. The molecule has 0 radical (unpaired) electrons. The van der Waals surface area contributed by atoms with Gasteiger partial charge in [-0.3, -0.25) is 19.7 Å². The maximum atomic E-state index is 12.4. The van der Waals surface area contributed by atoms with E-state index in [1.54, 1.807) is 23.5 Å². The molecule has 1 aliphatic heterocycles. The molecule has 0 aliphatic carbocycles. The summed E-state index contributed by atoms with van der Waals surface area (Å²) in [5.74, 6) is -1.38. The lowest BCUT2D eigenvalue weighted by atomic mass is 10.1. The van der Waals surface area contributed by atoms with Crippen LogP contribution in [0.1, 0.15) is 22.2 Å². The summed E-state index contributed by atoms with van der Waals surface area (Å²) in [5, 5.41) is 20.8. The Labute approximate surface area is 180 Å². The third-order valence-electron chi connectivity index (χ3n) is 5.23. The van der Waals surface area contributed by atoms with Crippen LogP contribution >= 0.6 is 11.3 Å². The maximum absolute atomic E-state index is 12.4. The Morgan fingerprint density at radius 3 is 2.37 bits per heavy atom. The molecule has 1 aromatic carbocycles. The van der Waals surface area contributed by atoms with Gasteiger partial charge in [0.2, 0.25) is 0 Å². The average molecular weight is 433 g/mol. The molecule has 0 bridgehead atoms. The first-order valence-corrected chi connectivity index (χ1v) is 10.7. The molecule has 1 fully saturated rings. The predicted octanol–water partition coefficient (Wildman–Crippen LogP) is 1.15. The smallest absolute Gasteiger partial charge is 0.268 e. The summed E-state index contributed by atoms with van der Waals surface area (Å²) in [6.07, 6.45) is -1.15. The molecular formula is C21H28N4O4S. The van der Waals surface area contributed by atoms with E-state index in [4.69, 9.17) is 5.21 Å².